The van der Waals surface area contributed by atoms with E-state index in [-0.39, 0.29) is 5.91 Å². The highest BCUT2D eigenvalue weighted by Gasteiger charge is 2.21. The lowest BCUT2D eigenvalue weighted by molar-refractivity contribution is -0.122. The van der Waals surface area contributed by atoms with E-state index in [4.69, 9.17) is 9.47 Å². The Morgan fingerprint density at radius 2 is 2.26 bits per heavy atom. The van der Waals surface area contributed by atoms with E-state index < -0.39 is 0 Å². The average Bonchev–Trinajstić information content (AvgIpc) is 2.82. The average molecular weight is 272 g/mol. The fourth-order valence-electron chi connectivity index (χ4n) is 2.43. The molecule has 0 aliphatic carbocycles. The second-order valence-corrected chi connectivity index (χ2v) is 5.08. The summed E-state index contributed by atoms with van der Waals surface area (Å²) < 4.78 is 10.7. The number of methoxy groups -OCH3 is 1. The molecule has 0 unspecified atom stereocenters. The SMILES string of the molecule is CCNC(=O)CCOCCCN1CC[C@@H](COC)C1. The van der Waals surface area contributed by atoms with Crippen molar-refractivity contribution >= 4 is 5.91 Å². The highest BCUT2D eigenvalue weighted by atomic mass is 16.5. The Morgan fingerprint density at radius 1 is 1.42 bits per heavy atom. The van der Waals surface area contributed by atoms with Crippen LogP contribution in [0.3, 0.4) is 0 Å². The van der Waals surface area contributed by atoms with Crippen molar-refractivity contribution in [2.24, 2.45) is 5.92 Å². The summed E-state index contributed by atoms with van der Waals surface area (Å²) in [6.07, 6.45) is 2.74. The summed E-state index contributed by atoms with van der Waals surface area (Å²) in [5, 5.41) is 2.76. The van der Waals surface area contributed by atoms with E-state index in [1.807, 2.05) is 6.92 Å². The first-order chi connectivity index (χ1) is 9.26. The predicted molar refractivity (Wildman–Crippen MR) is 75.2 cm³/mol. The van der Waals surface area contributed by atoms with E-state index >= 15 is 0 Å². The van der Waals surface area contributed by atoms with Gasteiger partial charge in [-0.1, -0.05) is 0 Å². The molecule has 19 heavy (non-hydrogen) atoms. The molecule has 0 saturated carbocycles. The van der Waals surface area contributed by atoms with Crippen LogP contribution in [0.4, 0.5) is 0 Å². The van der Waals surface area contributed by atoms with Crippen LogP contribution in [-0.2, 0) is 14.3 Å². The number of likely N-dealkylation sites (tertiary alicyclic amines) is 1. The summed E-state index contributed by atoms with van der Waals surface area (Å²) in [5.41, 5.74) is 0. The van der Waals surface area contributed by atoms with Crippen LogP contribution >= 0.6 is 0 Å². The molecule has 0 bridgehead atoms. The molecule has 1 aliphatic rings. The zero-order valence-electron chi connectivity index (χ0n) is 12.3. The second kappa shape index (κ2) is 10.2. The van der Waals surface area contributed by atoms with E-state index in [9.17, 15) is 4.79 Å². The van der Waals surface area contributed by atoms with Gasteiger partial charge in [0.25, 0.3) is 0 Å². The molecule has 0 spiro atoms. The molecule has 1 N–H and O–H groups in total. The monoisotopic (exact) mass is 272 g/mol. The van der Waals surface area contributed by atoms with Gasteiger partial charge in [0.05, 0.1) is 13.2 Å². The Kier molecular flexibility index (Phi) is 8.79. The van der Waals surface area contributed by atoms with Gasteiger partial charge in [0, 0.05) is 39.8 Å². The number of rotatable bonds is 10. The van der Waals surface area contributed by atoms with Gasteiger partial charge in [-0.05, 0) is 32.2 Å². The first kappa shape index (κ1) is 16.4. The Morgan fingerprint density at radius 3 is 3.00 bits per heavy atom. The van der Waals surface area contributed by atoms with Crippen LogP contribution in [0.5, 0.6) is 0 Å². The van der Waals surface area contributed by atoms with Crippen molar-refractivity contribution in [2.75, 3.05) is 53.1 Å². The van der Waals surface area contributed by atoms with Crippen molar-refractivity contribution in [1.82, 2.24) is 10.2 Å². The van der Waals surface area contributed by atoms with Crippen LogP contribution in [0.2, 0.25) is 0 Å². The molecule has 5 heteroatoms. The molecule has 0 aromatic carbocycles. The third-order valence-electron chi connectivity index (χ3n) is 3.38. The third kappa shape index (κ3) is 7.50. The van der Waals surface area contributed by atoms with Crippen molar-refractivity contribution in [3.05, 3.63) is 0 Å². The van der Waals surface area contributed by atoms with Gasteiger partial charge in [0.2, 0.25) is 5.91 Å². The minimum atomic E-state index is 0.0736. The van der Waals surface area contributed by atoms with Gasteiger partial charge in [-0.15, -0.1) is 0 Å². The number of nitrogens with zero attached hydrogens (tertiary/aromatic N) is 1. The fraction of sp³-hybridized carbons (Fsp3) is 0.929. The molecule has 5 nitrogen and oxygen atoms in total. The largest absolute Gasteiger partial charge is 0.384 e. The fourth-order valence-corrected chi connectivity index (χ4v) is 2.43. The van der Waals surface area contributed by atoms with Gasteiger partial charge in [-0.3, -0.25) is 4.79 Å². The Hall–Kier alpha value is -0.650. The molecular formula is C14H28N2O3. The lowest BCUT2D eigenvalue weighted by Gasteiger charge is -2.15. The molecule has 0 aromatic heterocycles. The Balaban J connectivity index is 1.90. The van der Waals surface area contributed by atoms with Crippen LogP contribution in [0.15, 0.2) is 0 Å². The second-order valence-electron chi connectivity index (χ2n) is 5.08. The molecule has 0 aromatic rings. The number of hydrogen-bond donors (Lipinski definition) is 1. The van der Waals surface area contributed by atoms with Gasteiger partial charge >= 0.3 is 0 Å². The van der Waals surface area contributed by atoms with Crippen LogP contribution < -0.4 is 5.32 Å². The Bertz CT molecular complexity index is 249. The highest BCUT2D eigenvalue weighted by molar-refractivity contribution is 5.75. The van der Waals surface area contributed by atoms with Crippen molar-refractivity contribution in [3.63, 3.8) is 0 Å². The maximum Gasteiger partial charge on any atom is 0.222 e. The van der Waals surface area contributed by atoms with E-state index in [1.165, 1.54) is 13.0 Å². The van der Waals surface area contributed by atoms with E-state index in [0.717, 1.165) is 32.7 Å². The summed E-state index contributed by atoms with van der Waals surface area (Å²) in [5.74, 6) is 0.771. The van der Waals surface area contributed by atoms with E-state index in [0.29, 0.717) is 25.5 Å². The van der Waals surface area contributed by atoms with Crippen molar-refractivity contribution in [3.8, 4) is 0 Å². The summed E-state index contributed by atoms with van der Waals surface area (Å²) in [6.45, 7) is 8.16. The number of carbonyl (C=O) groups excluding carboxylic acids is 1. The molecule has 1 atom stereocenters. The van der Waals surface area contributed by atoms with E-state index in [2.05, 4.69) is 10.2 Å². The zero-order chi connectivity index (χ0) is 13.9. The van der Waals surface area contributed by atoms with Gasteiger partial charge in [-0.25, -0.2) is 0 Å². The lowest BCUT2D eigenvalue weighted by atomic mass is 10.1. The maximum atomic E-state index is 11.2. The van der Waals surface area contributed by atoms with Gasteiger partial charge < -0.3 is 19.7 Å². The smallest absolute Gasteiger partial charge is 0.222 e. The molecule has 112 valence electrons. The van der Waals surface area contributed by atoms with Crippen LogP contribution in [-0.4, -0.2) is 63.9 Å². The summed E-state index contributed by atoms with van der Waals surface area (Å²) in [6, 6.07) is 0. The number of carbonyl (C=O) groups is 1. The summed E-state index contributed by atoms with van der Waals surface area (Å²) in [7, 11) is 1.77. The lowest BCUT2D eigenvalue weighted by Crippen LogP contribution is -2.25. The third-order valence-corrected chi connectivity index (χ3v) is 3.38. The number of hydrogen-bond acceptors (Lipinski definition) is 4. The predicted octanol–water partition coefficient (Wildman–Crippen LogP) is 0.888. The first-order valence-electron chi connectivity index (χ1n) is 7.32. The summed E-state index contributed by atoms with van der Waals surface area (Å²) >= 11 is 0. The van der Waals surface area contributed by atoms with Crippen LogP contribution in [0, 0.1) is 5.92 Å². The minimum absolute atomic E-state index is 0.0736. The Labute approximate surface area is 116 Å². The number of ether oxygens (including phenoxy) is 2. The molecule has 1 rings (SSSR count). The number of nitrogens with one attached hydrogen (secondary N) is 1. The molecular weight excluding hydrogens is 244 g/mol. The highest BCUT2D eigenvalue weighted by Crippen LogP contribution is 2.16. The van der Waals surface area contributed by atoms with Crippen molar-refractivity contribution in [2.45, 2.75) is 26.2 Å². The first-order valence-corrected chi connectivity index (χ1v) is 7.32. The van der Waals surface area contributed by atoms with E-state index in [1.54, 1.807) is 7.11 Å². The van der Waals surface area contributed by atoms with Gasteiger partial charge in [0.15, 0.2) is 0 Å². The zero-order valence-corrected chi connectivity index (χ0v) is 12.3. The topological polar surface area (TPSA) is 50.8 Å². The molecule has 1 amide bonds. The van der Waals surface area contributed by atoms with Crippen LogP contribution in [0.25, 0.3) is 0 Å². The van der Waals surface area contributed by atoms with Crippen molar-refractivity contribution < 1.29 is 14.3 Å². The van der Waals surface area contributed by atoms with Crippen LogP contribution in [0.1, 0.15) is 26.2 Å². The van der Waals surface area contributed by atoms with Crippen molar-refractivity contribution in [1.29, 1.82) is 0 Å². The quantitative estimate of drug-likeness (QED) is 0.600. The molecule has 1 saturated heterocycles. The molecule has 1 fully saturated rings. The molecule has 0 radical (unpaired) electrons. The van der Waals surface area contributed by atoms with Gasteiger partial charge in [0.1, 0.15) is 0 Å². The standard InChI is InChI=1S/C14H28N2O3/c1-3-15-14(17)6-10-19-9-4-7-16-8-5-13(11-16)12-18-2/h13H,3-12H2,1-2H3,(H,15,17)/t13-/m1/s1. The summed E-state index contributed by atoms with van der Waals surface area (Å²) in [4.78, 5) is 13.6. The normalized spacial score (nSPS) is 19.8. The van der Waals surface area contributed by atoms with Gasteiger partial charge in [-0.2, -0.15) is 0 Å². The maximum absolute atomic E-state index is 11.2. The molecule has 1 aliphatic heterocycles. The minimum Gasteiger partial charge on any atom is -0.384 e. The number of amides is 1. The molecule has 1 heterocycles.